The van der Waals surface area contributed by atoms with Crippen LogP contribution in [0.25, 0.3) is 0 Å². The molecule has 0 heterocycles. The van der Waals surface area contributed by atoms with E-state index in [-0.39, 0.29) is 16.3 Å². The fourth-order valence-electron chi connectivity index (χ4n) is 3.97. The molecule has 4 aromatic rings. The largest absolute Gasteiger partial charge is 0.416 e. The Morgan fingerprint density at radius 3 is 2.05 bits per heavy atom. The van der Waals surface area contributed by atoms with Crippen LogP contribution in [0, 0.1) is 6.92 Å². The summed E-state index contributed by atoms with van der Waals surface area (Å²) in [5.74, 6) is 0. The van der Waals surface area contributed by atoms with Gasteiger partial charge in [0.2, 0.25) is 0 Å². The molecule has 0 saturated carbocycles. The number of carbonyl (C=O) groups is 1. The number of hydrogen-bond donors (Lipinski definition) is 3. The molecule has 4 rings (SSSR count). The first-order valence-electron chi connectivity index (χ1n) is 12.0. The molecule has 0 spiro atoms. The fraction of sp³-hybridized carbons (Fsp3) is 0.138. The second kappa shape index (κ2) is 11.6. The van der Waals surface area contributed by atoms with E-state index >= 15 is 0 Å². The van der Waals surface area contributed by atoms with Crippen LogP contribution in [0.3, 0.4) is 0 Å². The second-order valence-electron chi connectivity index (χ2n) is 8.93. The Bertz CT molecular complexity index is 1570. The predicted molar refractivity (Wildman–Crippen MR) is 146 cm³/mol. The van der Waals surface area contributed by atoms with Crippen LogP contribution in [0.1, 0.15) is 22.3 Å². The Balaban J connectivity index is 1.45. The van der Waals surface area contributed by atoms with E-state index in [1.54, 1.807) is 25.1 Å². The van der Waals surface area contributed by atoms with E-state index in [2.05, 4.69) is 15.4 Å². The number of sulfonamides is 1. The third-order valence-corrected chi connectivity index (χ3v) is 7.43. The Morgan fingerprint density at radius 1 is 0.718 bits per heavy atom. The fourth-order valence-corrected chi connectivity index (χ4v) is 5.29. The Morgan fingerprint density at radius 2 is 1.33 bits per heavy atom. The van der Waals surface area contributed by atoms with Crippen molar-refractivity contribution >= 4 is 33.1 Å². The van der Waals surface area contributed by atoms with Crippen molar-refractivity contribution in [2.45, 2.75) is 30.8 Å². The third-order valence-electron chi connectivity index (χ3n) is 5.91. The predicted octanol–water partition coefficient (Wildman–Crippen LogP) is 7.24. The average Bonchev–Trinajstić information content (AvgIpc) is 2.89. The van der Waals surface area contributed by atoms with Crippen molar-refractivity contribution in [2.24, 2.45) is 0 Å². The maximum absolute atomic E-state index is 13.2. The molecule has 10 heteroatoms. The van der Waals surface area contributed by atoms with Crippen LogP contribution in [-0.4, -0.2) is 14.4 Å². The van der Waals surface area contributed by atoms with Gasteiger partial charge in [-0.05, 0) is 78.9 Å². The van der Waals surface area contributed by atoms with Crippen molar-refractivity contribution in [3.05, 3.63) is 119 Å². The molecule has 0 radical (unpaired) electrons. The summed E-state index contributed by atoms with van der Waals surface area (Å²) >= 11 is 0. The molecule has 2 amide bonds. The number of anilines is 3. The highest BCUT2D eigenvalue weighted by Crippen LogP contribution is 2.31. The van der Waals surface area contributed by atoms with Gasteiger partial charge in [-0.25, -0.2) is 13.2 Å². The van der Waals surface area contributed by atoms with Crippen molar-refractivity contribution in [3.63, 3.8) is 0 Å². The lowest BCUT2D eigenvalue weighted by molar-refractivity contribution is -0.137. The van der Waals surface area contributed by atoms with Crippen LogP contribution in [0.4, 0.5) is 35.0 Å². The third kappa shape index (κ3) is 7.61. The van der Waals surface area contributed by atoms with Gasteiger partial charge in [0, 0.05) is 17.1 Å². The molecule has 202 valence electrons. The van der Waals surface area contributed by atoms with Crippen LogP contribution in [0.5, 0.6) is 0 Å². The lowest BCUT2D eigenvalue weighted by atomic mass is 10.0. The molecule has 0 bridgehead atoms. The molecule has 39 heavy (non-hydrogen) atoms. The van der Waals surface area contributed by atoms with E-state index in [0.29, 0.717) is 11.3 Å². The maximum atomic E-state index is 13.2. The summed E-state index contributed by atoms with van der Waals surface area (Å²) in [5, 5.41) is 4.80. The molecule has 0 fully saturated rings. The van der Waals surface area contributed by atoms with Crippen LogP contribution in [0.15, 0.2) is 102 Å². The molecule has 0 unspecified atom stereocenters. The van der Waals surface area contributed by atoms with Crippen LogP contribution < -0.4 is 15.4 Å². The van der Waals surface area contributed by atoms with Gasteiger partial charge in [-0.15, -0.1) is 0 Å². The van der Waals surface area contributed by atoms with E-state index in [1.807, 2.05) is 36.4 Å². The SMILES string of the molecule is Cc1ccc(NC(=O)Nc2cccc(C(F)(F)F)c2)cc1S(=O)(=O)Nc1cccc(CCc2ccccc2)c1. The zero-order valence-corrected chi connectivity index (χ0v) is 21.7. The van der Waals surface area contributed by atoms with Gasteiger partial charge in [-0.1, -0.05) is 54.6 Å². The molecule has 3 N–H and O–H groups in total. The molecule has 0 atom stereocenters. The van der Waals surface area contributed by atoms with E-state index in [0.717, 1.165) is 30.5 Å². The minimum absolute atomic E-state index is 0.0472. The summed E-state index contributed by atoms with van der Waals surface area (Å²) in [4.78, 5) is 12.4. The van der Waals surface area contributed by atoms with Gasteiger partial charge >= 0.3 is 12.2 Å². The number of halogens is 3. The van der Waals surface area contributed by atoms with Gasteiger partial charge < -0.3 is 10.6 Å². The van der Waals surface area contributed by atoms with Gasteiger partial charge in [-0.2, -0.15) is 13.2 Å². The quantitative estimate of drug-likeness (QED) is 0.215. The first-order chi connectivity index (χ1) is 18.5. The number of benzene rings is 4. The summed E-state index contributed by atoms with van der Waals surface area (Å²) in [7, 11) is -4.01. The molecular weight excluding hydrogens is 527 g/mol. The normalized spacial score (nSPS) is 11.6. The number of alkyl halides is 3. The minimum atomic E-state index is -4.55. The van der Waals surface area contributed by atoms with Crippen molar-refractivity contribution in [1.82, 2.24) is 0 Å². The van der Waals surface area contributed by atoms with Gasteiger partial charge in [0.05, 0.1) is 10.5 Å². The highest BCUT2D eigenvalue weighted by Gasteiger charge is 2.30. The zero-order chi connectivity index (χ0) is 28.0. The Kier molecular flexibility index (Phi) is 8.25. The highest BCUT2D eigenvalue weighted by atomic mass is 32.2. The van der Waals surface area contributed by atoms with Crippen LogP contribution >= 0.6 is 0 Å². The van der Waals surface area contributed by atoms with E-state index in [1.165, 1.54) is 35.9 Å². The van der Waals surface area contributed by atoms with Gasteiger partial charge in [0.25, 0.3) is 10.0 Å². The monoisotopic (exact) mass is 553 g/mol. The number of aryl methyl sites for hydroxylation is 3. The number of hydrogen-bond acceptors (Lipinski definition) is 3. The number of urea groups is 1. The molecule has 0 saturated heterocycles. The summed E-state index contributed by atoms with van der Waals surface area (Å²) < 4.78 is 67.9. The second-order valence-corrected chi connectivity index (χ2v) is 10.6. The molecule has 0 aliphatic heterocycles. The lowest BCUT2D eigenvalue weighted by Crippen LogP contribution is -2.20. The molecular formula is C29H26F3N3O3S. The van der Waals surface area contributed by atoms with Gasteiger partial charge in [0.15, 0.2) is 0 Å². The van der Waals surface area contributed by atoms with Crippen molar-refractivity contribution in [2.75, 3.05) is 15.4 Å². The summed E-state index contributed by atoms with van der Waals surface area (Å²) in [6.07, 6.45) is -3.01. The maximum Gasteiger partial charge on any atom is 0.416 e. The minimum Gasteiger partial charge on any atom is -0.308 e. The van der Waals surface area contributed by atoms with Crippen molar-refractivity contribution < 1.29 is 26.4 Å². The molecule has 4 aromatic carbocycles. The summed E-state index contributed by atoms with van der Waals surface area (Å²) in [5.41, 5.74) is 2.20. The first kappa shape index (κ1) is 27.7. The summed E-state index contributed by atoms with van der Waals surface area (Å²) in [6, 6.07) is 24.8. The number of nitrogens with one attached hydrogen (secondary N) is 3. The summed E-state index contributed by atoms with van der Waals surface area (Å²) in [6.45, 7) is 1.62. The van der Waals surface area contributed by atoms with E-state index in [9.17, 15) is 26.4 Å². The van der Waals surface area contributed by atoms with E-state index in [4.69, 9.17) is 0 Å². The van der Waals surface area contributed by atoms with E-state index < -0.39 is 27.8 Å². The topological polar surface area (TPSA) is 87.3 Å². The number of rotatable bonds is 8. The van der Waals surface area contributed by atoms with Crippen LogP contribution in [0.2, 0.25) is 0 Å². The molecule has 0 aromatic heterocycles. The lowest BCUT2D eigenvalue weighted by Gasteiger charge is -2.14. The first-order valence-corrected chi connectivity index (χ1v) is 13.5. The Labute approximate surface area is 224 Å². The zero-order valence-electron chi connectivity index (χ0n) is 20.9. The standard InChI is InChI=1S/C29H26F3N3O3S/c1-20-13-16-25(34-28(36)33-24-11-6-10-23(18-24)29(30,31)32)19-27(20)39(37,38)35-26-12-5-9-22(17-26)15-14-21-7-3-2-4-8-21/h2-13,16-19,35H,14-15H2,1H3,(H2,33,34,36). The number of carbonyl (C=O) groups excluding carboxylic acids is 1. The Hall–Kier alpha value is -4.31. The van der Waals surface area contributed by atoms with Gasteiger partial charge in [0.1, 0.15) is 0 Å². The number of amides is 2. The molecule has 0 aliphatic rings. The smallest absolute Gasteiger partial charge is 0.308 e. The molecule has 0 aliphatic carbocycles. The van der Waals surface area contributed by atoms with Crippen molar-refractivity contribution in [3.8, 4) is 0 Å². The van der Waals surface area contributed by atoms with Gasteiger partial charge in [-0.3, -0.25) is 4.72 Å². The molecule has 6 nitrogen and oxygen atoms in total. The van der Waals surface area contributed by atoms with Crippen molar-refractivity contribution in [1.29, 1.82) is 0 Å². The average molecular weight is 554 g/mol. The van der Waals surface area contributed by atoms with Crippen LogP contribution in [-0.2, 0) is 29.0 Å². The highest BCUT2D eigenvalue weighted by molar-refractivity contribution is 7.92.